The van der Waals surface area contributed by atoms with E-state index in [0.717, 1.165) is 23.6 Å². The summed E-state index contributed by atoms with van der Waals surface area (Å²) < 4.78 is 1.73. The molecule has 2 aromatic heterocycles. The Morgan fingerprint density at radius 1 is 1.29 bits per heavy atom. The fourth-order valence-electron chi connectivity index (χ4n) is 1.64. The maximum absolute atomic E-state index is 4.35. The summed E-state index contributed by atoms with van der Waals surface area (Å²) >= 11 is 0. The van der Waals surface area contributed by atoms with Crippen molar-refractivity contribution in [1.29, 1.82) is 0 Å². The summed E-state index contributed by atoms with van der Waals surface area (Å²) in [5.41, 5.74) is 2.00. The first kappa shape index (κ1) is 11.7. The van der Waals surface area contributed by atoms with Gasteiger partial charge in [0.15, 0.2) is 5.82 Å². The summed E-state index contributed by atoms with van der Waals surface area (Å²) in [6.45, 7) is 4.84. The molecular formula is C11H16N6. The SMILES string of the molecule is CCNC(c1ncc(C)cn1)c1cnnn1C. The van der Waals surface area contributed by atoms with Crippen LogP contribution in [0.4, 0.5) is 0 Å². The summed E-state index contributed by atoms with van der Waals surface area (Å²) in [5.74, 6) is 0.739. The van der Waals surface area contributed by atoms with Crippen molar-refractivity contribution in [2.45, 2.75) is 19.9 Å². The predicted molar refractivity (Wildman–Crippen MR) is 63.3 cm³/mol. The Balaban J connectivity index is 2.35. The van der Waals surface area contributed by atoms with Crippen LogP contribution in [0.3, 0.4) is 0 Å². The van der Waals surface area contributed by atoms with Gasteiger partial charge in [-0.1, -0.05) is 12.1 Å². The average Bonchev–Trinajstić information content (AvgIpc) is 2.74. The van der Waals surface area contributed by atoms with E-state index in [-0.39, 0.29) is 6.04 Å². The highest BCUT2D eigenvalue weighted by Gasteiger charge is 2.19. The van der Waals surface area contributed by atoms with Crippen LogP contribution in [0.25, 0.3) is 0 Å². The zero-order chi connectivity index (χ0) is 12.3. The zero-order valence-corrected chi connectivity index (χ0v) is 10.3. The minimum absolute atomic E-state index is 0.0689. The molecule has 1 N–H and O–H groups in total. The van der Waals surface area contributed by atoms with E-state index in [1.807, 2.05) is 33.3 Å². The van der Waals surface area contributed by atoms with Crippen molar-refractivity contribution in [2.24, 2.45) is 7.05 Å². The molecule has 2 rings (SSSR count). The molecule has 0 aliphatic rings. The topological polar surface area (TPSA) is 68.5 Å². The van der Waals surface area contributed by atoms with Crippen LogP contribution in [-0.4, -0.2) is 31.5 Å². The molecule has 0 radical (unpaired) electrons. The first-order chi connectivity index (χ1) is 8.22. The lowest BCUT2D eigenvalue weighted by molar-refractivity contribution is 0.545. The number of rotatable bonds is 4. The molecule has 0 aliphatic heterocycles. The Labute approximate surface area is 100 Å². The van der Waals surface area contributed by atoms with E-state index in [9.17, 15) is 0 Å². The van der Waals surface area contributed by atoms with Crippen molar-refractivity contribution in [3.63, 3.8) is 0 Å². The Morgan fingerprint density at radius 2 is 2.00 bits per heavy atom. The van der Waals surface area contributed by atoms with Gasteiger partial charge in [0.2, 0.25) is 0 Å². The quantitative estimate of drug-likeness (QED) is 0.836. The standard InChI is InChI=1S/C11H16N6/c1-4-12-10(9-7-15-16-17(9)3)11-13-5-8(2)6-14-11/h5-7,10,12H,4H2,1-3H3. The molecule has 0 spiro atoms. The van der Waals surface area contributed by atoms with Crippen LogP contribution in [0.2, 0.25) is 0 Å². The molecule has 0 amide bonds. The third-order valence-corrected chi connectivity index (χ3v) is 2.51. The molecule has 1 unspecified atom stereocenters. The van der Waals surface area contributed by atoms with Crippen LogP contribution in [0.15, 0.2) is 18.6 Å². The molecule has 17 heavy (non-hydrogen) atoms. The second kappa shape index (κ2) is 5.01. The van der Waals surface area contributed by atoms with E-state index in [4.69, 9.17) is 0 Å². The molecule has 90 valence electrons. The van der Waals surface area contributed by atoms with E-state index >= 15 is 0 Å². The van der Waals surface area contributed by atoms with Crippen LogP contribution < -0.4 is 5.32 Å². The van der Waals surface area contributed by atoms with E-state index in [2.05, 4.69) is 25.6 Å². The lowest BCUT2D eigenvalue weighted by Crippen LogP contribution is -2.26. The van der Waals surface area contributed by atoms with Crippen molar-refractivity contribution in [3.8, 4) is 0 Å². The summed E-state index contributed by atoms with van der Waals surface area (Å²) in [5, 5.41) is 11.2. The van der Waals surface area contributed by atoms with Gasteiger partial charge in [-0.05, 0) is 19.0 Å². The summed E-state index contributed by atoms with van der Waals surface area (Å²) in [6, 6.07) is -0.0689. The minimum Gasteiger partial charge on any atom is -0.303 e. The van der Waals surface area contributed by atoms with Gasteiger partial charge >= 0.3 is 0 Å². The van der Waals surface area contributed by atoms with Gasteiger partial charge in [-0.3, -0.25) is 4.68 Å². The van der Waals surface area contributed by atoms with Gasteiger partial charge in [-0.25, -0.2) is 9.97 Å². The maximum Gasteiger partial charge on any atom is 0.151 e. The number of nitrogens with one attached hydrogen (secondary N) is 1. The van der Waals surface area contributed by atoms with E-state index in [0.29, 0.717) is 0 Å². The van der Waals surface area contributed by atoms with Crippen molar-refractivity contribution in [2.75, 3.05) is 6.54 Å². The van der Waals surface area contributed by atoms with Gasteiger partial charge in [0.1, 0.15) is 6.04 Å². The first-order valence-electron chi connectivity index (χ1n) is 5.59. The van der Waals surface area contributed by atoms with Crippen LogP contribution >= 0.6 is 0 Å². The second-order valence-corrected chi connectivity index (χ2v) is 3.89. The van der Waals surface area contributed by atoms with Gasteiger partial charge in [0.05, 0.1) is 11.9 Å². The molecule has 0 saturated carbocycles. The normalized spacial score (nSPS) is 12.6. The van der Waals surface area contributed by atoms with E-state index in [1.54, 1.807) is 10.9 Å². The van der Waals surface area contributed by atoms with Crippen molar-refractivity contribution < 1.29 is 0 Å². The second-order valence-electron chi connectivity index (χ2n) is 3.89. The van der Waals surface area contributed by atoms with Crippen molar-refractivity contribution in [1.82, 2.24) is 30.3 Å². The Morgan fingerprint density at radius 3 is 2.53 bits per heavy atom. The molecule has 2 heterocycles. The zero-order valence-electron chi connectivity index (χ0n) is 10.3. The number of nitrogens with zero attached hydrogens (tertiary/aromatic N) is 5. The van der Waals surface area contributed by atoms with Gasteiger partial charge in [-0.2, -0.15) is 0 Å². The van der Waals surface area contributed by atoms with Crippen LogP contribution in [0.1, 0.15) is 30.0 Å². The van der Waals surface area contributed by atoms with Crippen LogP contribution in [0, 0.1) is 6.92 Å². The predicted octanol–water partition coefficient (Wildman–Crippen LogP) is 0.612. The van der Waals surface area contributed by atoms with Crippen LogP contribution in [-0.2, 0) is 7.05 Å². The van der Waals surface area contributed by atoms with E-state index in [1.165, 1.54) is 0 Å². The molecule has 0 fully saturated rings. The third kappa shape index (κ3) is 2.47. The summed E-state index contributed by atoms with van der Waals surface area (Å²) in [6.07, 6.45) is 5.36. The fraction of sp³-hybridized carbons (Fsp3) is 0.455. The smallest absolute Gasteiger partial charge is 0.151 e. The monoisotopic (exact) mass is 232 g/mol. The molecule has 2 aromatic rings. The van der Waals surface area contributed by atoms with E-state index < -0.39 is 0 Å². The summed E-state index contributed by atoms with van der Waals surface area (Å²) in [4.78, 5) is 8.70. The lowest BCUT2D eigenvalue weighted by Gasteiger charge is -2.15. The Bertz CT molecular complexity index is 475. The highest BCUT2D eigenvalue weighted by atomic mass is 15.4. The van der Waals surface area contributed by atoms with Crippen LogP contribution in [0.5, 0.6) is 0 Å². The largest absolute Gasteiger partial charge is 0.303 e. The number of hydrogen-bond donors (Lipinski definition) is 1. The molecule has 0 aliphatic carbocycles. The third-order valence-electron chi connectivity index (χ3n) is 2.51. The highest BCUT2D eigenvalue weighted by Crippen LogP contribution is 2.16. The number of aromatic nitrogens is 5. The molecule has 6 nitrogen and oxygen atoms in total. The molecule has 0 aromatic carbocycles. The Kier molecular flexibility index (Phi) is 3.43. The summed E-state index contributed by atoms with van der Waals surface area (Å²) in [7, 11) is 1.86. The Hall–Kier alpha value is -1.82. The lowest BCUT2D eigenvalue weighted by atomic mass is 10.2. The van der Waals surface area contributed by atoms with Crippen molar-refractivity contribution >= 4 is 0 Å². The molecule has 0 bridgehead atoms. The number of hydrogen-bond acceptors (Lipinski definition) is 5. The molecule has 0 saturated heterocycles. The van der Waals surface area contributed by atoms with Gasteiger partial charge in [0, 0.05) is 19.4 Å². The first-order valence-corrected chi connectivity index (χ1v) is 5.59. The highest BCUT2D eigenvalue weighted by molar-refractivity contribution is 5.15. The number of aryl methyl sites for hydroxylation is 2. The maximum atomic E-state index is 4.35. The van der Waals surface area contributed by atoms with Gasteiger partial charge < -0.3 is 5.32 Å². The molecule has 6 heteroatoms. The minimum atomic E-state index is -0.0689. The fourth-order valence-corrected chi connectivity index (χ4v) is 1.64. The van der Waals surface area contributed by atoms with Crippen molar-refractivity contribution in [3.05, 3.63) is 35.7 Å². The van der Waals surface area contributed by atoms with Gasteiger partial charge in [-0.15, -0.1) is 5.10 Å². The molecular weight excluding hydrogens is 216 g/mol. The average molecular weight is 232 g/mol. The van der Waals surface area contributed by atoms with Gasteiger partial charge in [0.25, 0.3) is 0 Å². The molecule has 1 atom stereocenters.